The molecule has 1 aromatic carbocycles. The average molecular weight is 406 g/mol. The number of hydrogen-bond donors (Lipinski definition) is 0. The van der Waals surface area contributed by atoms with Gasteiger partial charge in [-0.3, -0.25) is 19.3 Å². The molecule has 2 atom stereocenters. The van der Waals surface area contributed by atoms with Crippen molar-refractivity contribution in [1.29, 1.82) is 0 Å². The van der Waals surface area contributed by atoms with Crippen LogP contribution in [0.3, 0.4) is 0 Å². The molecule has 1 saturated heterocycles. The van der Waals surface area contributed by atoms with E-state index in [0.29, 0.717) is 17.6 Å². The number of nitro benzene ring substituents is 1. The lowest BCUT2D eigenvalue weighted by Gasteiger charge is -2.28. The Bertz CT molecular complexity index is 943. The van der Waals surface area contributed by atoms with E-state index in [9.17, 15) is 19.1 Å². The number of non-ortho nitro benzene ring substituents is 1. The van der Waals surface area contributed by atoms with Crippen molar-refractivity contribution < 1.29 is 18.7 Å². The summed E-state index contributed by atoms with van der Waals surface area (Å²) in [6, 6.07) is 3.97. The Balaban J connectivity index is 1.74. The highest BCUT2D eigenvalue weighted by Crippen LogP contribution is 2.23. The van der Waals surface area contributed by atoms with Crippen LogP contribution in [0.2, 0.25) is 0 Å². The number of fused-ring (bicyclic) bond motifs is 1. The van der Waals surface area contributed by atoms with Gasteiger partial charge in [-0.25, -0.2) is 9.78 Å². The highest BCUT2D eigenvalue weighted by atomic mass is 32.2. The zero-order valence-electron chi connectivity index (χ0n) is 16.0. The molecule has 0 N–H and O–H groups in total. The summed E-state index contributed by atoms with van der Waals surface area (Å²) in [6.45, 7) is 6.00. The molecule has 9 nitrogen and oxygen atoms in total. The molecule has 1 aromatic heterocycles. The van der Waals surface area contributed by atoms with E-state index in [-0.39, 0.29) is 22.5 Å². The fraction of sp³-hybridized carbons (Fsp3) is 0.500. The first-order chi connectivity index (χ1) is 13.1. The number of benzene rings is 1. The maximum atomic E-state index is 12.8. The Labute approximate surface area is 164 Å². The van der Waals surface area contributed by atoms with Gasteiger partial charge >= 0.3 is 6.09 Å². The van der Waals surface area contributed by atoms with E-state index in [1.165, 1.54) is 24.4 Å². The maximum Gasteiger partial charge on any atom is 0.410 e. The molecule has 1 aliphatic rings. The van der Waals surface area contributed by atoms with E-state index < -0.39 is 27.4 Å². The molecule has 1 amide bonds. The second-order valence-corrected chi connectivity index (χ2v) is 9.06. The summed E-state index contributed by atoms with van der Waals surface area (Å²) < 4.78 is 18.2. The van der Waals surface area contributed by atoms with Gasteiger partial charge in [-0.15, -0.1) is 0 Å². The van der Waals surface area contributed by atoms with Crippen LogP contribution < -0.4 is 0 Å². The summed E-state index contributed by atoms with van der Waals surface area (Å²) in [5, 5.41) is 11.1. The Kier molecular flexibility index (Phi) is 5.59. The van der Waals surface area contributed by atoms with Crippen LogP contribution in [0.1, 0.15) is 33.6 Å². The molecule has 0 bridgehead atoms. The average Bonchev–Trinajstić information content (AvgIpc) is 3.07. The van der Waals surface area contributed by atoms with Crippen molar-refractivity contribution >= 4 is 33.6 Å². The highest BCUT2D eigenvalue weighted by molar-refractivity contribution is 7.85. The van der Waals surface area contributed by atoms with Crippen LogP contribution in [-0.4, -0.2) is 54.0 Å². The molecule has 0 saturated carbocycles. The smallest absolute Gasteiger partial charge is 0.410 e. The van der Waals surface area contributed by atoms with Gasteiger partial charge in [0.1, 0.15) is 10.6 Å². The third kappa shape index (κ3) is 4.61. The SMILES string of the molecule is CC(C)(C)OC(=O)N1CCC[C@@H]1C[S@](=O)c1cnc2cc([N+](=O)[O-])ccc2n1. The van der Waals surface area contributed by atoms with Gasteiger partial charge in [0.15, 0.2) is 0 Å². The number of carbonyl (C=O) groups is 1. The number of nitrogens with zero attached hydrogens (tertiary/aromatic N) is 4. The fourth-order valence-corrected chi connectivity index (χ4v) is 4.27. The Morgan fingerprint density at radius 3 is 2.82 bits per heavy atom. The van der Waals surface area contributed by atoms with E-state index >= 15 is 0 Å². The maximum absolute atomic E-state index is 12.8. The van der Waals surface area contributed by atoms with Gasteiger partial charge in [-0.05, 0) is 39.7 Å². The lowest BCUT2D eigenvalue weighted by molar-refractivity contribution is -0.384. The summed E-state index contributed by atoms with van der Waals surface area (Å²) in [5.74, 6) is 0.242. The van der Waals surface area contributed by atoms with Gasteiger partial charge in [-0.1, -0.05) is 0 Å². The lowest BCUT2D eigenvalue weighted by atomic mass is 10.2. The quantitative estimate of drug-likeness (QED) is 0.566. The lowest BCUT2D eigenvalue weighted by Crippen LogP contribution is -2.42. The molecule has 150 valence electrons. The number of hydrogen-bond acceptors (Lipinski definition) is 7. The zero-order chi connectivity index (χ0) is 20.5. The molecule has 1 fully saturated rings. The van der Waals surface area contributed by atoms with Crippen LogP contribution in [0.5, 0.6) is 0 Å². The van der Waals surface area contributed by atoms with Gasteiger partial charge in [0, 0.05) is 24.7 Å². The number of rotatable bonds is 4. The number of ether oxygens (including phenoxy) is 1. The predicted molar refractivity (Wildman–Crippen MR) is 103 cm³/mol. The normalized spacial score (nSPS) is 18.2. The van der Waals surface area contributed by atoms with Crippen molar-refractivity contribution in [3.63, 3.8) is 0 Å². The van der Waals surface area contributed by atoms with Gasteiger partial charge in [-0.2, -0.15) is 0 Å². The van der Waals surface area contributed by atoms with Crippen LogP contribution in [0.4, 0.5) is 10.5 Å². The Morgan fingerprint density at radius 1 is 1.39 bits per heavy atom. The monoisotopic (exact) mass is 406 g/mol. The molecule has 10 heteroatoms. The van der Waals surface area contributed by atoms with Crippen LogP contribution in [-0.2, 0) is 15.5 Å². The third-order valence-corrected chi connectivity index (χ3v) is 5.65. The van der Waals surface area contributed by atoms with Crippen LogP contribution in [0, 0.1) is 10.1 Å². The van der Waals surface area contributed by atoms with Crippen LogP contribution in [0.15, 0.2) is 29.4 Å². The third-order valence-electron chi connectivity index (χ3n) is 4.30. The molecule has 2 aromatic rings. The molecular formula is C18H22N4O5S. The van der Waals surface area contributed by atoms with Gasteiger partial charge in [0.25, 0.3) is 5.69 Å². The number of amides is 1. The first-order valence-corrected chi connectivity index (χ1v) is 10.2. The topological polar surface area (TPSA) is 116 Å². The summed E-state index contributed by atoms with van der Waals surface area (Å²) >= 11 is 0. The molecule has 2 heterocycles. The second-order valence-electron chi connectivity index (χ2n) is 7.62. The highest BCUT2D eigenvalue weighted by Gasteiger charge is 2.33. The number of likely N-dealkylation sites (tertiary alicyclic amines) is 1. The molecule has 0 unspecified atom stereocenters. The minimum atomic E-state index is -1.46. The minimum Gasteiger partial charge on any atom is -0.444 e. The van der Waals surface area contributed by atoms with E-state index in [1.807, 2.05) is 20.8 Å². The Morgan fingerprint density at radius 2 is 2.14 bits per heavy atom. The first kappa shape index (κ1) is 20.1. The van der Waals surface area contributed by atoms with E-state index in [4.69, 9.17) is 4.74 Å². The summed E-state index contributed by atoms with van der Waals surface area (Å²) in [4.78, 5) is 32.8. The van der Waals surface area contributed by atoms with Crippen molar-refractivity contribution in [1.82, 2.24) is 14.9 Å². The van der Waals surface area contributed by atoms with Gasteiger partial charge in [0.05, 0.1) is 38.7 Å². The number of aromatic nitrogens is 2. The zero-order valence-corrected chi connectivity index (χ0v) is 16.8. The number of carbonyl (C=O) groups excluding carboxylic acids is 1. The van der Waals surface area contributed by atoms with Crippen LogP contribution >= 0.6 is 0 Å². The summed E-state index contributed by atoms with van der Waals surface area (Å²) in [5.41, 5.74) is 0.142. The molecule has 28 heavy (non-hydrogen) atoms. The van der Waals surface area contributed by atoms with E-state index in [0.717, 1.165) is 12.8 Å². The van der Waals surface area contributed by atoms with Gasteiger partial charge < -0.3 is 9.64 Å². The summed E-state index contributed by atoms with van der Waals surface area (Å²) in [7, 11) is -1.46. The standard InChI is InChI=1S/C18H22N4O5S/c1-18(2,3)27-17(23)21-8-4-5-13(21)11-28(26)16-10-19-15-9-12(22(24)25)6-7-14(15)20-16/h6-7,9-10,13H,4-5,8,11H2,1-3H3/t13-,28+/m1/s1. The molecular weight excluding hydrogens is 384 g/mol. The van der Waals surface area contributed by atoms with Crippen molar-refractivity contribution in [3.8, 4) is 0 Å². The predicted octanol–water partition coefficient (Wildman–Crippen LogP) is 3.05. The second kappa shape index (κ2) is 7.78. The minimum absolute atomic E-state index is 0.0744. The largest absolute Gasteiger partial charge is 0.444 e. The molecule has 1 aliphatic heterocycles. The number of nitro groups is 1. The Hall–Kier alpha value is -2.62. The van der Waals surface area contributed by atoms with E-state index in [2.05, 4.69) is 9.97 Å². The first-order valence-electron chi connectivity index (χ1n) is 8.93. The van der Waals surface area contributed by atoms with E-state index in [1.54, 1.807) is 4.90 Å². The van der Waals surface area contributed by atoms with Crippen LogP contribution in [0.25, 0.3) is 11.0 Å². The molecule has 0 radical (unpaired) electrons. The van der Waals surface area contributed by atoms with Gasteiger partial charge in [0.2, 0.25) is 0 Å². The molecule has 0 spiro atoms. The van der Waals surface area contributed by atoms with Crippen molar-refractivity contribution in [2.45, 2.75) is 50.3 Å². The molecule has 0 aliphatic carbocycles. The van der Waals surface area contributed by atoms with Crippen molar-refractivity contribution in [2.75, 3.05) is 12.3 Å². The van der Waals surface area contributed by atoms with Crippen molar-refractivity contribution in [2.24, 2.45) is 0 Å². The fourth-order valence-electron chi connectivity index (χ4n) is 3.04. The van der Waals surface area contributed by atoms with Crippen molar-refractivity contribution in [3.05, 3.63) is 34.5 Å². The molecule has 3 rings (SSSR count). The summed E-state index contributed by atoms with van der Waals surface area (Å²) in [6.07, 6.45) is 2.55.